The van der Waals surface area contributed by atoms with Crippen LogP contribution in [0.15, 0.2) is 16.7 Å². The van der Waals surface area contributed by atoms with Gasteiger partial charge in [0.2, 0.25) is 5.76 Å². The van der Waals surface area contributed by atoms with Gasteiger partial charge in [-0.2, -0.15) is 0 Å². The van der Waals surface area contributed by atoms with Gasteiger partial charge in [-0.3, -0.25) is 0 Å². The molecular weight excluding hydrogens is 234 g/mol. The lowest BCUT2D eigenvalue weighted by molar-refractivity contribution is 0.0563. The van der Waals surface area contributed by atoms with Crippen LogP contribution in [0.3, 0.4) is 0 Å². The van der Waals surface area contributed by atoms with Crippen LogP contribution in [-0.2, 0) is 16.0 Å². The van der Waals surface area contributed by atoms with E-state index in [2.05, 4.69) is 17.0 Å². The molecule has 0 fully saturated rings. The Hall–Kier alpha value is -1.33. The highest BCUT2D eigenvalue weighted by Crippen LogP contribution is 2.11. The summed E-state index contributed by atoms with van der Waals surface area (Å²) in [5, 5.41) is 3.19. The van der Waals surface area contributed by atoms with Crippen molar-refractivity contribution in [2.75, 3.05) is 26.9 Å². The number of nitrogens with one attached hydrogen (secondary N) is 1. The van der Waals surface area contributed by atoms with Crippen LogP contribution in [0.2, 0.25) is 0 Å². The quantitative estimate of drug-likeness (QED) is 0.540. The molecule has 0 aliphatic carbocycles. The Kier molecular flexibility index (Phi) is 7.13. The lowest BCUT2D eigenvalue weighted by Crippen LogP contribution is -2.20. The molecule has 0 atom stereocenters. The van der Waals surface area contributed by atoms with Crippen molar-refractivity contribution in [1.82, 2.24) is 5.32 Å². The number of hydrogen-bond donors (Lipinski definition) is 1. The number of carbonyl (C=O) groups is 1. The summed E-state index contributed by atoms with van der Waals surface area (Å²) >= 11 is 0. The van der Waals surface area contributed by atoms with Gasteiger partial charge in [0.05, 0.1) is 20.0 Å². The molecule has 1 rings (SSSR count). The fraction of sp³-hybridized carbons (Fsp3) is 0.615. The number of ether oxygens (including phenoxy) is 2. The van der Waals surface area contributed by atoms with Crippen LogP contribution in [0.5, 0.6) is 0 Å². The van der Waals surface area contributed by atoms with E-state index in [1.54, 1.807) is 6.07 Å². The predicted octanol–water partition coefficient (Wildman–Crippen LogP) is 1.97. The Morgan fingerprint density at radius 1 is 1.44 bits per heavy atom. The first-order chi connectivity index (χ1) is 8.79. The van der Waals surface area contributed by atoms with Gasteiger partial charge >= 0.3 is 5.97 Å². The molecule has 0 saturated carbocycles. The number of rotatable bonds is 9. The highest BCUT2D eigenvalue weighted by molar-refractivity contribution is 5.87. The second-order valence-electron chi connectivity index (χ2n) is 3.91. The van der Waals surface area contributed by atoms with Gasteiger partial charge in [-0.25, -0.2) is 4.79 Å². The molecule has 102 valence electrons. The number of furan rings is 1. The number of methoxy groups -OCH3 is 1. The molecule has 0 aliphatic rings. The largest absolute Gasteiger partial charge is 0.463 e. The highest BCUT2D eigenvalue weighted by atomic mass is 16.5. The maximum Gasteiger partial charge on any atom is 0.374 e. The van der Waals surface area contributed by atoms with Gasteiger partial charge in [0.15, 0.2) is 0 Å². The smallest absolute Gasteiger partial charge is 0.374 e. The van der Waals surface area contributed by atoms with E-state index in [0.29, 0.717) is 13.2 Å². The summed E-state index contributed by atoms with van der Waals surface area (Å²) in [7, 11) is 1.34. The lowest BCUT2D eigenvalue weighted by Gasteiger charge is -2.05. The van der Waals surface area contributed by atoms with Crippen LogP contribution in [-0.4, -0.2) is 32.8 Å². The van der Waals surface area contributed by atoms with E-state index in [-0.39, 0.29) is 5.76 Å². The molecule has 1 N–H and O–H groups in total. The van der Waals surface area contributed by atoms with Crippen LogP contribution in [0.1, 0.15) is 35.9 Å². The van der Waals surface area contributed by atoms with E-state index in [4.69, 9.17) is 9.15 Å². The second-order valence-corrected chi connectivity index (χ2v) is 3.91. The summed E-state index contributed by atoms with van der Waals surface area (Å²) in [5.41, 5.74) is 0.801. The van der Waals surface area contributed by atoms with Crippen LogP contribution in [0.4, 0.5) is 0 Å². The molecule has 1 aromatic rings. The molecule has 1 aromatic heterocycles. The molecule has 0 aliphatic heterocycles. The summed E-state index contributed by atoms with van der Waals surface area (Å²) < 4.78 is 15.1. The zero-order chi connectivity index (χ0) is 13.2. The van der Waals surface area contributed by atoms with Crippen molar-refractivity contribution in [3.05, 3.63) is 23.7 Å². The van der Waals surface area contributed by atoms with Gasteiger partial charge in [-0.15, -0.1) is 0 Å². The molecule has 0 amide bonds. The normalized spacial score (nSPS) is 10.6. The molecule has 0 radical (unpaired) electrons. The molecule has 0 bridgehead atoms. The van der Waals surface area contributed by atoms with Crippen LogP contribution in [0, 0.1) is 0 Å². The Labute approximate surface area is 107 Å². The molecule has 0 spiro atoms. The SMILES string of the molecule is CCCCOCCNCc1ccoc1C(=O)OC. The maximum atomic E-state index is 11.3. The first-order valence-corrected chi connectivity index (χ1v) is 6.22. The molecule has 0 saturated heterocycles. The lowest BCUT2D eigenvalue weighted by atomic mass is 10.2. The minimum Gasteiger partial charge on any atom is -0.463 e. The monoisotopic (exact) mass is 255 g/mol. The van der Waals surface area contributed by atoms with Crippen LogP contribution in [0.25, 0.3) is 0 Å². The van der Waals surface area contributed by atoms with E-state index >= 15 is 0 Å². The van der Waals surface area contributed by atoms with Gasteiger partial charge in [-0.05, 0) is 12.5 Å². The Morgan fingerprint density at radius 2 is 2.28 bits per heavy atom. The van der Waals surface area contributed by atoms with Crippen molar-refractivity contribution < 1.29 is 18.7 Å². The van der Waals surface area contributed by atoms with Crippen LogP contribution < -0.4 is 5.32 Å². The summed E-state index contributed by atoms with van der Waals surface area (Å²) in [5.74, 6) is -0.187. The number of esters is 1. The van der Waals surface area contributed by atoms with Crippen molar-refractivity contribution >= 4 is 5.97 Å². The second kappa shape index (κ2) is 8.72. The predicted molar refractivity (Wildman–Crippen MR) is 67.5 cm³/mol. The first kappa shape index (κ1) is 14.7. The third-order valence-corrected chi connectivity index (χ3v) is 2.50. The third kappa shape index (κ3) is 4.89. The average Bonchev–Trinajstić information content (AvgIpc) is 2.85. The molecule has 0 aromatic carbocycles. The Balaban J connectivity index is 2.19. The summed E-state index contributed by atoms with van der Waals surface area (Å²) in [4.78, 5) is 11.3. The van der Waals surface area contributed by atoms with Gasteiger partial charge in [0, 0.05) is 25.3 Å². The van der Waals surface area contributed by atoms with Gasteiger partial charge in [0.25, 0.3) is 0 Å². The van der Waals surface area contributed by atoms with E-state index in [1.165, 1.54) is 13.4 Å². The standard InChI is InChI=1S/C13H21NO4/c1-3-4-7-17-9-6-14-10-11-5-8-18-12(11)13(15)16-2/h5,8,14H,3-4,6-7,9-10H2,1-2H3. The number of unbranched alkanes of at least 4 members (excludes halogenated alkanes) is 1. The zero-order valence-corrected chi connectivity index (χ0v) is 11.0. The minimum absolute atomic E-state index is 0.261. The fourth-order valence-corrected chi connectivity index (χ4v) is 1.46. The third-order valence-electron chi connectivity index (χ3n) is 2.50. The van der Waals surface area contributed by atoms with Crippen LogP contribution >= 0.6 is 0 Å². The van der Waals surface area contributed by atoms with Gasteiger partial charge in [0.1, 0.15) is 0 Å². The molecule has 5 heteroatoms. The van der Waals surface area contributed by atoms with Crippen molar-refractivity contribution in [3.63, 3.8) is 0 Å². The van der Waals surface area contributed by atoms with Crippen molar-refractivity contribution in [2.45, 2.75) is 26.3 Å². The summed E-state index contributed by atoms with van der Waals surface area (Å²) in [6.07, 6.45) is 3.72. The molecule has 18 heavy (non-hydrogen) atoms. The molecule has 5 nitrogen and oxygen atoms in total. The number of hydrogen-bond acceptors (Lipinski definition) is 5. The Morgan fingerprint density at radius 3 is 3.00 bits per heavy atom. The Bertz CT molecular complexity index is 349. The van der Waals surface area contributed by atoms with Crippen molar-refractivity contribution in [1.29, 1.82) is 0 Å². The first-order valence-electron chi connectivity index (χ1n) is 6.22. The van der Waals surface area contributed by atoms with Gasteiger partial charge in [-0.1, -0.05) is 13.3 Å². The topological polar surface area (TPSA) is 60.7 Å². The summed E-state index contributed by atoms with van der Waals surface area (Å²) in [6.45, 7) is 4.92. The molecular formula is C13H21NO4. The van der Waals surface area contributed by atoms with Crippen molar-refractivity contribution in [3.8, 4) is 0 Å². The fourth-order valence-electron chi connectivity index (χ4n) is 1.46. The maximum absolute atomic E-state index is 11.3. The summed E-state index contributed by atoms with van der Waals surface area (Å²) in [6, 6.07) is 1.76. The molecule has 1 heterocycles. The highest BCUT2D eigenvalue weighted by Gasteiger charge is 2.14. The van der Waals surface area contributed by atoms with E-state index in [1.807, 2.05) is 0 Å². The van der Waals surface area contributed by atoms with E-state index in [9.17, 15) is 4.79 Å². The zero-order valence-electron chi connectivity index (χ0n) is 11.0. The van der Waals surface area contributed by atoms with Gasteiger partial charge < -0.3 is 19.2 Å². The van der Waals surface area contributed by atoms with E-state index < -0.39 is 5.97 Å². The van der Waals surface area contributed by atoms with E-state index in [0.717, 1.165) is 31.6 Å². The number of carbonyl (C=O) groups excluding carboxylic acids is 1. The minimum atomic E-state index is -0.448. The molecule has 0 unspecified atom stereocenters. The average molecular weight is 255 g/mol. The van der Waals surface area contributed by atoms with Crippen molar-refractivity contribution in [2.24, 2.45) is 0 Å².